The number of nitrogens with one attached hydrogen (secondary N) is 1. The molecule has 1 unspecified atom stereocenters. The van der Waals surface area contributed by atoms with Crippen LogP contribution in [0.2, 0.25) is 0 Å². The van der Waals surface area contributed by atoms with Crippen molar-refractivity contribution in [3.63, 3.8) is 0 Å². The van der Waals surface area contributed by atoms with Crippen LogP contribution in [0.5, 0.6) is 0 Å². The third-order valence-corrected chi connectivity index (χ3v) is 7.24. The molecule has 0 radical (unpaired) electrons. The van der Waals surface area contributed by atoms with Crippen LogP contribution in [0.1, 0.15) is 25.5 Å². The Kier molecular flexibility index (Phi) is 7.40. The average Bonchev–Trinajstić information content (AvgIpc) is 2.73. The minimum absolute atomic E-state index is 0.0715. The van der Waals surface area contributed by atoms with Gasteiger partial charge >= 0.3 is 0 Å². The highest BCUT2D eigenvalue weighted by atomic mass is 32.2. The summed E-state index contributed by atoms with van der Waals surface area (Å²) in [4.78, 5) is 14.4. The lowest BCUT2D eigenvalue weighted by Crippen LogP contribution is -2.51. The molecule has 1 atom stereocenters. The number of benzene rings is 2. The van der Waals surface area contributed by atoms with Crippen molar-refractivity contribution >= 4 is 15.9 Å². The van der Waals surface area contributed by atoms with E-state index in [0.29, 0.717) is 13.1 Å². The van der Waals surface area contributed by atoms with Gasteiger partial charge in [-0.1, -0.05) is 32.0 Å². The van der Waals surface area contributed by atoms with Gasteiger partial charge in [0.05, 0.1) is 17.5 Å². The summed E-state index contributed by atoms with van der Waals surface area (Å²) in [5.41, 5.74) is 0.829. The summed E-state index contributed by atoms with van der Waals surface area (Å²) in [6.45, 7) is 5.32. The summed E-state index contributed by atoms with van der Waals surface area (Å²) < 4.78 is 53.3. The van der Waals surface area contributed by atoms with Gasteiger partial charge in [-0.25, -0.2) is 17.2 Å². The Morgan fingerprint density at radius 2 is 1.65 bits per heavy atom. The van der Waals surface area contributed by atoms with Crippen molar-refractivity contribution in [2.45, 2.75) is 24.8 Å². The Hall–Kier alpha value is -2.36. The smallest absolute Gasteiger partial charge is 0.243 e. The molecule has 2 aromatic carbocycles. The van der Waals surface area contributed by atoms with Gasteiger partial charge < -0.3 is 5.32 Å². The molecule has 0 aliphatic carbocycles. The van der Waals surface area contributed by atoms with Crippen LogP contribution in [0.25, 0.3) is 0 Å². The minimum Gasteiger partial charge on any atom is -0.348 e. The quantitative estimate of drug-likeness (QED) is 0.703. The zero-order chi connectivity index (χ0) is 22.6. The molecule has 1 aliphatic heterocycles. The zero-order valence-electron chi connectivity index (χ0n) is 17.6. The second kappa shape index (κ2) is 9.84. The van der Waals surface area contributed by atoms with Crippen LogP contribution in [0, 0.1) is 17.6 Å². The fourth-order valence-electron chi connectivity index (χ4n) is 3.63. The lowest BCUT2D eigenvalue weighted by atomic mass is 9.96. The van der Waals surface area contributed by atoms with Gasteiger partial charge in [-0.05, 0) is 41.8 Å². The van der Waals surface area contributed by atoms with Crippen molar-refractivity contribution < 1.29 is 22.0 Å². The van der Waals surface area contributed by atoms with Crippen LogP contribution < -0.4 is 5.32 Å². The molecule has 1 fully saturated rings. The summed E-state index contributed by atoms with van der Waals surface area (Å²) in [7, 11) is -3.77. The van der Waals surface area contributed by atoms with Gasteiger partial charge in [0.25, 0.3) is 0 Å². The van der Waals surface area contributed by atoms with E-state index in [1.807, 2.05) is 18.7 Å². The van der Waals surface area contributed by atoms with Gasteiger partial charge in [0.2, 0.25) is 15.9 Å². The van der Waals surface area contributed by atoms with Crippen molar-refractivity contribution in [1.29, 1.82) is 0 Å². The molecule has 2 aromatic rings. The molecular formula is C22H27F2N3O3S. The van der Waals surface area contributed by atoms with Crippen molar-refractivity contribution in [3.8, 4) is 0 Å². The molecule has 0 bridgehead atoms. The largest absolute Gasteiger partial charge is 0.348 e. The van der Waals surface area contributed by atoms with Crippen LogP contribution in [0.4, 0.5) is 8.78 Å². The molecule has 1 aliphatic rings. The Balaban J connectivity index is 1.56. The molecular weight excluding hydrogens is 424 g/mol. The molecule has 0 aromatic heterocycles. The number of nitrogens with zero attached hydrogens (tertiary/aromatic N) is 2. The molecule has 9 heteroatoms. The number of rotatable bonds is 7. The first-order chi connectivity index (χ1) is 14.7. The number of piperazine rings is 1. The monoisotopic (exact) mass is 451 g/mol. The van der Waals surface area contributed by atoms with Gasteiger partial charge in [-0.2, -0.15) is 4.31 Å². The van der Waals surface area contributed by atoms with E-state index in [0.717, 1.165) is 11.6 Å². The van der Waals surface area contributed by atoms with Crippen molar-refractivity contribution in [3.05, 3.63) is 65.7 Å². The van der Waals surface area contributed by atoms with Crippen LogP contribution in [0.15, 0.2) is 53.4 Å². The summed E-state index contributed by atoms with van der Waals surface area (Å²) in [6, 6.07) is 10.8. The third kappa shape index (κ3) is 5.87. The van der Waals surface area contributed by atoms with Crippen molar-refractivity contribution in [2.75, 3.05) is 32.7 Å². The lowest BCUT2D eigenvalue weighted by molar-refractivity contribution is -0.123. The predicted octanol–water partition coefficient (Wildman–Crippen LogP) is 2.78. The van der Waals surface area contributed by atoms with Gasteiger partial charge in [0, 0.05) is 26.2 Å². The van der Waals surface area contributed by atoms with Crippen LogP contribution >= 0.6 is 0 Å². The standard InChI is InChI=1S/C22H27F2N3O3S/c1-16(2)22(17-6-8-18(23)9-7-17)25-21(28)15-26-10-12-27(13-11-26)31(29,30)20-5-3-4-19(24)14-20/h3-9,14,16,22H,10-13,15H2,1-2H3,(H,25,28). The molecule has 31 heavy (non-hydrogen) atoms. The Labute approximate surface area is 181 Å². The highest BCUT2D eigenvalue weighted by molar-refractivity contribution is 7.89. The molecule has 0 saturated carbocycles. The first kappa shape index (κ1) is 23.3. The van der Waals surface area contributed by atoms with E-state index in [4.69, 9.17) is 0 Å². The molecule has 6 nitrogen and oxygen atoms in total. The van der Waals surface area contributed by atoms with E-state index in [1.165, 1.54) is 34.6 Å². The highest BCUT2D eigenvalue weighted by Gasteiger charge is 2.29. The van der Waals surface area contributed by atoms with E-state index >= 15 is 0 Å². The number of amides is 1. The zero-order valence-corrected chi connectivity index (χ0v) is 18.4. The Bertz CT molecular complexity index is 1000. The Morgan fingerprint density at radius 3 is 2.23 bits per heavy atom. The predicted molar refractivity (Wildman–Crippen MR) is 114 cm³/mol. The van der Waals surface area contributed by atoms with Crippen LogP contribution in [0.3, 0.4) is 0 Å². The van der Waals surface area contributed by atoms with E-state index < -0.39 is 15.8 Å². The van der Waals surface area contributed by atoms with Gasteiger partial charge in [0.1, 0.15) is 11.6 Å². The minimum atomic E-state index is -3.77. The first-order valence-corrected chi connectivity index (χ1v) is 11.6. The number of hydrogen-bond donors (Lipinski definition) is 1. The maximum Gasteiger partial charge on any atom is 0.243 e. The maximum absolute atomic E-state index is 13.4. The van der Waals surface area contributed by atoms with Crippen molar-refractivity contribution in [1.82, 2.24) is 14.5 Å². The van der Waals surface area contributed by atoms with E-state index in [1.54, 1.807) is 12.1 Å². The summed E-state index contributed by atoms with van der Waals surface area (Å²) in [6.07, 6.45) is 0. The van der Waals surface area contributed by atoms with Gasteiger partial charge in [0.15, 0.2) is 0 Å². The van der Waals surface area contributed by atoms with E-state index in [-0.39, 0.29) is 48.2 Å². The van der Waals surface area contributed by atoms with E-state index in [2.05, 4.69) is 5.32 Å². The number of carbonyl (C=O) groups excluding carboxylic acids is 1. The van der Waals surface area contributed by atoms with Crippen LogP contribution in [-0.4, -0.2) is 56.3 Å². The van der Waals surface area contributed by atoms with E-state index in [9.17, 15) is 22.0 Å². The molecule has 1 heterocycles. The summed E-state index contributed by atoms with van der Waals surface area (Å²) >= 11 is 0. The number of sulfonamides is 1. The number of halogens is 2. The average molecular weight is 452 g/mol. The topological polar surface area (TPSA) is 69.7 Å². The lowest BCUT2D eigenvalue weighted by Gasteiger charge is -2.34. The SMILES string of the molecule is CC(C)C(NC(=O)CN1CCN(S(=O)(=O)c2cccc(F)c2)CC1)c1ccc(F)cc1. The molecule has 168 valence electrons. The van der Waals surface area contributed by atoms with Gasteiger partial charge in [-0.15, -0.1) is 0 Å². The second-order valence-electron chi connectivity index (χ2n) is 7.98. The Morgan fingerprint density at radius 1 is 1.00 bits per heavy atom. The molecule has 3 rings (SSSR count). The third-order valence-electron chi connectivity index (χ3n) is 5.34. The molecule has 0 spiro atoms. The normalized spacial score (nSPS) is 16.9. The van der Waals surface area contributed by atoms with Crippen LogP contribution in [-0.2, 0) is 14.8 Å². The van der Waals surface area contributed by atoms with Crippen molar-refractivity contribution in [2.24, 2.45) is 5.92 Å². The summed E-state index contributed by atoms with van der Waals surface area (Å²) in [5.74, 6) is -0.993. The molecule has 1 saturated heterocycles. The van der Waals surface area contributed by atoms with Gasteiger partial charge in [-0.3, -0.25) is 9.69 Å². The fourth-order valence-corrected chi connectivity index (χ4v) is 5.09. The first-order valence-electron chi connectivity index (χ1n) is 10.2. The maximum atomic E-state index is 13.4. The highest BCUT2D eigenvalue weighted by Crippen LogP contribution is 2.22. The number of hydrogen-bond acceptors (Lipinski definition) is 4. The molecule has 1 amide bonds. The number of carbonyl (C=O) groups is 1. The molecule has 1 N–H and O–H groups in total. The summed E-state index contributed by atoms with van der Waals surface area (Å²) in [5, 5.41) is 3.00. The second-order valence-corrected chi connectivity index (χ2v) is 9.92. The fraction of sp³-hybridized carbons (Fsp3) is 0.409.